The number of aromatic hydroxyl groups is 1. The van der Waals surface area contributed by atoms with Crippen molar-refractivity contribution in [2.75, 3.05) is 0 Å². The standard InChI is InChI=1S/C29H29N4OSi.Pt/c1-18-14-19(2)27(34)24(15-18)28-32-26-23(12-13-30-29(26)33(28)3)20-8-7-9-21(16-20)25-11-10-22(17-31-25)35(4,5)6;/h7-15,17,34H,1-6H3;/q-1;. The zero-order valence-corrected chi connectivity index (χ0v) is 24.6. The van der Waals surface area contributed by atoms with Crippen LogP contribution in [0.4, 0.5) is 0 Å². The summed E-state index contributed by atoms with van der Waals surface area (Å²) in [5, 5.41) is 12.1. The number of pyridine rings is 2. The number of rotatable bonds is 4. The summed E-state index contributed by atoms with van der Waals surface area (Å²) in [6.45, 7) is 10.9. The van der Waals surface area contributed by atoms with Gasteiger partial charge in [0.15, 0.2) is 5.65 Å². The second-order valence-electron chi connectivity index (χ2n) is 10.2. The Morgan fingerprint density at radius 1 is 0.917 bits per heavy atom. The Balaban J connectivity index is 0.00000304. The molecule has 1 N–H and O–H groups in total. The first-order valence-electron chi connectivity index (χ1n) is 11.7. The summed E-state index contributed by atoms with van der Waals surface area (Å²) in [6.07, 6.45) is 3.81. The number of imidazole rings is 1. The van der Waals surface area contributed by atoms with Crippen LogP contribution < -0.4 is 5.19 Å². The third-order valence-corrected chi connectivity index (χ3v) is 8.46. The molecule has 3 heterocycles. The Labute approximate surface area is 227 Å². The fourth-order valence-electron chi connectivity index (χ4n) is 4.44. The van der Waals surface area contributed by atoms with Crippen molar-refractivity contribution in [3.63, 3.8) is 0 Å². The van der Waals surface area contributed by atoms with E-state index < -0.39 is 8.07 Å². The summed E-state index contributed by atoms with van der Waals surface area (Å²) in [5.74, 6) is 0.931. The molecule has 0 aliphatic rings. The van der Waals surface area contributed by atoms with Crippen LogP contribution in [0.15, 0.2) is 60.9 Å². The molecule has 5 aromatic rings. The van der Waals surface area contributed by atoms with Gasteiger partial charge in [0.05, 0.1) is 19.2 Å². The fourth-order valence-corrected chi connectivity index (χ4v) is 5.48. The molecule has 0 saturated heterocycles. The molecule has 0 spiro atoms. The maximum Gasteiger partial charge on any atom is 0.152 e. The van der Waals surface area contributed by atoms with E-state index in [2.05, 4.69) is 42.8 Å². The second-order valence-corrected chi connectivity index (χ2v) is 15.2. The Morgan fingerprint density at radius 2 is 1.67 bits per heavy atom. The van der Waals surface area contributed by atoms with Crippen molar-refractivity contribution >= 4 is 24.4 Å². The third-order valence-electron chi connectivity index (χ3n) is 6.43. The molecule has 0 saturated carbocycles. The van der Waals surface area contributed by atoms with Gasteiger partial charge in [-0.25, -0.2) is 9.97 Å². The zero-order chi connectivity index (χ0) is 24.9. The van der Waals surface area contributed by atoms with Crippen molar-refractivity contribution in [3.05, 3.63) is 78.1 Å². The van der Waals surface area contributed by atoms with E-state index in [1.54, 1.807) is 6.20 Å². The average molecular weight is 673 g/mol. The molecule has 3 aromatic heterocycles. The quantitative estimate of drug-likeness (QED) is 0.187. The number of aryl methyl sites for hydroxylation is 3. The summed E-state index contributed by atoms with van der Waals surface area (Å²) in [6, 6.07) is 19.8. The average Bonchev–Trinajstić information content (AvgIpc) is 3.17. The van der Waals surface area contributed by atoms with E-state index in [1.165, 1.54) is 5.19 Å². The summed E-state index contributed by atoms with van der Waals surface area (Å²) in [7, 11) is 0.531. The molecular weight excluding hydrogens is 644 g/mol. The van der Waals surface area contributed by atoms with E-state index in [0.29, 0.717) is 11.4 Å². The fraction of sp³-hybridized carbons (Fsp3) is 0.207. The van der Waals surface area contributed by atoms with Crippen molar-refractivity contribution in [2.45, 2.75) is 33.5 Å². The molecule has 0 atom stereocenters. The number of aromatic nitrogens is 4. The maximum absolute atomic E-state index is 10.8. The van der Waals surface area contributed by atoms with Crippen LogP contribution in [0, 0.1) is 19.9 Å². The number of fused-ring (bicyclic) bond motifs is 1. The summed E-state index contributed by atoms with van der Waals surface area (Å²) < 4.78 is 1.94. The van der Waals surface area contributed by atoms with E-state index in [0.717, 1.165) is 44.7 Å². The van der Waals surface area contributed by atoms with Crippen molar-refractivity contribution in [1.29, 1.82) is 0 Å². The third kappa shape index (κ3) is 4.68. The summed E-state index contributed by atoms with van der Waals surface area (Å²) in [5.41, 5.74) is 7.86. The van der Waals surface area contributed by atoms with Crippen LogP contribution in [0.3, 0.4) is 0 Å². The molecule has 0 fully saturated rings. The monoisotopic (exact) mass is 672 g/mol. The SMILES string of the molecule is Cc1cc(C)c(O)c(-c2nc3c(-c4[c-]c(-c5ccc([Si](C)(C)C)cn5)ccc4)ccnc3n2C)c1.[Pt]. The molecule has 0 radical (unpaired) electrons. The molecule has 5 nitrogen and oxygen atoms in total. The number of phenolic OH excluding ortho intramolecular Hbond substituents is 1. The van der Waals surface area contributed by atoms with Crippen LogP contribution in [0.5, 0.6) is 5.75 Å². The van der Waals surface area contributed by atoms with Gasteiger partial charge < -0.3 is 9.67 Å². The molecule has 0 bridgehead atoms. The van der Waals surface area contributed by atoms with Gasteiger partial charge in [0.25, 0.3) is 0 Å². The molecule has 7 heteroatoms. The van der Waals surface area contributed by atoms with Crippen LogP contribution >= 0.6 is 0 Å². The van der Waals surface area contributed by atoms with Gasteiger partial charge in [0.2, 0.25) is 0 Å². The minimum atomic E-state index is -1.40. The minimum Gasteiger partial charge on any atom is -0.507 e. The van der Waals surface area contributed by atoms with E-state index in [-0.39, 0.29) is 26.8 Å². The van der Waals surface area contributed by atoms with E-state index in [1.807, 2.05) is 68.1 Å². The van der Waals surface area contributed by atoms with E-state index >= 15 is 0 Å². The Hall–Kier alpha value is -3.08. The van der Waals surface area contributed by atoms with Gasteiger partial charge in [-0.05, 0) is 36.2 Å². The number of benzene rings is 2. The van der Waals surface area contributed by atoms with Gasteiger partial charge in [-0.15, -0.1) is 29.8 Å². The van der Waals surface area contributed by atoms with Gasteiger partial charge in [-0.1, -0.05) is 55.0 Å². The van der Waals surface area contributed by atoms with Gasteiger partial charge >= 0.3 is 0 Å². The molecule has 186 valence electrons. The molecule has 2 aromatic carbocycles. The maximum atomic E-state index is 10.8. The molecule has 0 aliphatic heterocycles. The van der Waals surface area contributed by atoms with Crippen LogP contribution in [0.2, 0.25) is 19.6 Å². The summed E-state index contributed by atoms with van der Waals surface area (Å²) >= 11 is 0. The van der Waals surface area contributed by atoms with Gasteiger partial charge in [-0.3, -0.25) is 4.98 Å². The van der Waals surface area contributed by atoms with E-state index in [4.69, 9.17) is 9.97 Å². The molecule has 0 aliphatic carbocycles. The predicted octanol–water partition coefficient (Wildman–Crippen LogP) is 6.03. The second kappa shape index (κ2) is 9.76. The number of phenols is 1. The first kappa shape index (κ1) is 26.0. The first-order chi connectivity index (χ1) is 16.6. The largest absolute Gasteiger partial charge is 0.507 e. The topological polar surface area (TPSA) is 63.8 Å². The molecule has 0 amide bonds. The van der Waals surface area contributed by atoms with Crippen LogP contribution in [-0.4, -0.2) is 32.7 Å². The predicted molar refractivity (Wildman–Crippen MR) is 146 cm³/mol. The zero-order valence-electron chi connectivity index (χ0n) is 21.3. The first-order valence-corrected chi connectivity index (χ1v) is 15.2. The smallest absolute Gasteiger partial charge is 0.152 e. The Bertz CT molecular complexity index is 1570. The van der Waals surface area contributed by atoms with Crippen molar-refractivity contribution in [2.24, 2.45) is 7.05 Å². The molecular formula is C29H29N4OPtSi-. The van der Waals surface area contributed by atoms with Gasteiger partial charge in [-0.2, -0.15) is 0 Å². The number of nitrogens with zero attached hydrogens (tertiary/aromatic N) is 4. The van der Waals surface area contributed by atoms with Crippen molar-refractivity contribution in [1.82, 2.24) is 19.5 Å². The van der Waals surface area contributed by atoms with E-state index in [9.17, 15) is 5.11 Å². The molecule has 36 heavy (non-hydrogen) atoms. The molecule has 5 rings (SSSR count). The van der Waals surface area contributed by atoms with Crippen molar-refractivity contribution < 1.29 is 26.2 Å². The summed E-state index contributed by atoms with van der Waals surface area (Å²) in [4.78, 5) is 14.3. The van der Waals surface area contributed by atoms with Crippen LogP contribution in [0.25, 0.3) is 44.9 Å². The van der Waals surface area contributed by atoms with Crippen molar-refractivity contribution in [3.8, 4) is 39.5 Å². The van der Waals surface area contributed by atoms with Gasteiger partial charge in [0.1, 0.15) is 11.6 Å². The Morgan fingerprint density at radius 3 is 2.36 bits per heavy atom. The number of hydrogen-bond donors (Lipinski definition) is 1. The Kier molecular flexibility index (Phi) is 7.04. The molecule has 0 unspecified atom stereocenters. The van der Waals surface area contributed by atoms with Crippen LogP contribution in [-0.2, 0) is 28.1 Å². The van der Waals surface area contributed by atoms with Crippen LogP contribution in [0.1, 0.15) is 11.1 Å². The normalized spacial score (nSPS) is 11.5. The minimum absolute atomic E-state index is 0. The van der Waals surface area contributed by atoms with Gasteiger partial charge in [0, 0.05) is 46.2 Å². The number of hydrogen-bond acceptors (Lipinski definition) is 4.